The zero-order valence-electron chi connectivity index (χ0n) is 15.6. The summed E-state index contributed by atoms with van der Waals surface area (Å²) in [7, 11) is 0. The first kappa shape index (κ1) is 25.5. The van der Waals surface area contributed by atoms with Gasteiger partial charge in [0.15, 0.2) is 0 Å². The predicted octanol–water partition coefficient (Wildman–Crippen LogP) is 0.869. The third-order valence-electron chi connectivity index (χ3n) is 2.59. The molecule has 10 heteroatoms. The molecule has 0 aliphatic carbocycles. The van der Waals surface area contributed by atoms with Crippen LogP contribution in [0.1, 0.15) is 13.8 Å². The number of hydrogen-bond acceptors (Lipinski definition) is 9. The van der Waals surface area contributed by atoms with Gasteiger partial charge in [0, 0.05) is 24.3 Å². The molecule has 0 bridgehead atoms. The summed E-state index contributed by atoms with van der Waals surface area (Å²) in [5.41, 5.74) is 0. The van der Waals surface area contributed by atoms with E-state index in [9.17, 15) is 0 Å². The standard InChI is InChI=1S/C15H13N5.2C2H4O2.Ni/c1-3-10-16-12(6-1)18-14-8-5-9-15(20-14)19-13-7-2-4-11-17-13;2*1-2(3)4;/h1-11H,(H2,16,17,18,19,20);2*1H3,(H,3,4);/q;;;+2/p-2. The third kappa shape index (κ3) is 13.3. The van der Waals surface area contributed by atoms with Crippen LogP contribution in [0.25, 0.3) is 0 Å². The number of carboxylic acids is 2. The molecule has 0 fully saturated rings. The summed E-state index contributed by atoms with van der Waals surface area (Å²) in [4.78, 5) is 30.6. The normalized spacial score (nSPS) is 8.62. The van der Waals surface area contributed by atoms with Crippen LogP contribution in [-0.2, 0) is 26.1 Å². The molecule has 0 aromatic carbocycles. The van der Waals surface area contributed by atoms with Gasteiger partial charge in [-0.1, -0.05) is 18.2 Å². The molecule has 0 amide bonds. The van der Waals surface area contributed by atoms with Crippen molar-refractivity contribution in [2.24, 2.45) is 0 Å². The van der Waals surface area contributed by atoms with Crippen LogP contribution in [0.3, 0.4) is 0 Å². The van der Waals surface area contributed by atoms with Crippen molar-refractivity contribution in [3.8, 4) is 0 Å². The molecule has 0 spiro atoms. The number of nitrogens with one attached hydrogen (secondary N) is 2. The van der Waals surface area contributed by atoms with Gasteiger partial charge in [-0.25, -0.2) is 15.0 Å². The van der Waals surface area contributed by atoms with E-state index < -0.39 is 11.9 Å². The Kier molecular flexibility index (Phi) is 12.8. The molecule has 3 heterocycles. The molecule has 0 atom stereocenters. The van der Waals surface area contributed by atoms with Crippen molar-refractivity contribution >= 4 is 35.2 Å². The summed E-state index contributed by atoms with van der Waals surface area (Å²) >= 11 is 0. The molecule has 0 aliphatic rings. The minimum absolute atomic E-state index is 0. The predicted molar refractivity (Wildman–Crippen MR) is 101 cm³/mol. The van der Waals surface area contributed by atoms with E-state index in [4.69, 9.17) is 19.8 Å². The van der Waals surface area contributed by atoms with Gasteiger partial charge in [-0.3, -0.25) is 0 Å². The third-order valence-corrected chi connectivity index (χ3v) is 2.59. The zero-order valence-corrected chi connectivity index (χ0v) is 16.6. The van der Waals surface area contributed by atoms with E-state index in [1.807, 2.05) is 54.6 Å². The van der Waals surface area contributed by atoms with E-state index in [1.54, 1.807) is 12.4 Å². The van der Waals surface area contributed by atoms with Gasteiger partial charge in [-0.2, -0.15) is 0 Å². The fourth-order valence-electron chi connectivity index (χ4n) is 1.71. The van der Waals surface area contributed by atoms with Crippen LogP contribution in [-0.4, -0.2) is 26.9 Å². The van der Waals surface area contributed by atoms with Crippen LogP contribution in [0.5, 0.6) is 0 Å². The number of nitrogens with zero attached hydrogens (tertiary/aromatic N) is 3. The molecule has 29 heavy (non-hydrogen) atoms. The van der Waals surface area contributed by atoms with Crippen molar-refractivity contribution in [3.05, 3.63) is 67.0 Å². The Hall–Kier alpha value is -3.52. The minimum atomic E-state index is -1.08. The number of rotatable bonds is 4. The van der Waals surface area contributed by atoms with Gasteiger partial charge in [0.25, 0.3) is 0 Å². The van der Waals surface area contributed by atoms with Gasteiger partial charge in [0.05, 0.1) is 0 Å². The topological polar surface area (TPSA) is 143 Å². The van der Waals surface area contributed by atoms with E-state index in [2.05, 4.69) is 25.6 Å². The number of carboxylic acid groups (broad SMARTS) is 2. The molecular weight excluding hydrogens is 421 g/mol. The maximum atomic E-state index is 8.89. The number of hydrogen-bond donors (Lipinski definition) is 2. The van der Waals surface area contributed by atoms with Crippen molar-refractivity contribution in [2.75, 3.05) is 10.6 Å². The Balaban J connectivity index is 0.000000752. The molecule has 3 aromatic rings. The maximum absolute atomic E-state index is 8.89. The smallest absolute Gasteiger partial charge is 0.550 e. The number of aromatic nitrogens is 3. The summed E-state index contributed by atoms with van der Waals surface area (Å²) in [6, 6.07) is 17.1. The Labute approximate surface area is 178 Å². The molecule has 9 nitrogen and oxygen atoms in total. The first-order valence-electron chi connectivity index (χ1n) is 8.05. The van der Waals surface area contributed by atoms with Gasteiger partial charge >= 0.3 is 16.5 Å². The monoisotopic (exact) mass is 439 g/mol. The largest absolute Gasteiger partial charge is 2.00 e. The van der Waals surface area contributed by atoms with Gasteiger partial charge in [-0.05, 0) is 50.2 Å². The van der Waals surface area contributed by atoms with Crippen molar-refractivity contribution in [3.63, 3.8) is 0 Å². The average molecular weight is 440 g/mol. The van der Waals surface area contributed by atoms with E-state index in [0.29, 0.717) is 0 Å². The summed E-state index contributed by atoms with van der Waals surface area (Å²) in [5.74, 6) is 0.805. The number of carbonyl (C=O) groups excluding carboxylic acids is 2. The Morgan fingerprint density at radius 2 is 1.03 bits per heavy atom. The maximum Gasteiger partial charge on any atom is 2.00 e. The second-order valence-corrected chi connectivity index (χ2v) is 5.07. The second-order valence-electron chi connectivity index (χ2n) is 5.07. The molecule has 154 valence electrons. The van der Waals surface area contributed by atoms with Gasteiger partial charge in [0.2, 0.25) is 0 Å². The van der Waals surface area contributed by atoms with Gasteiger partial charge in [-0.15, -0.1) is 0 Å². The van der Waals surface area contributed by atoms with Crippen molar-refractivity contribution in [2.45, 2.75) is 13.8 Å². The van der Waals surface area contributed by atoms with Crippen molar-refractivity contribution < 1.29 is 36.3 Å². The molecule has 0 saturated carbocycles. The summed E-state index contributed by atoms with van der Waals surface area (Å²) in [6.45, 7) is 1.94. The first-order valence-corrected chi connectivity index (χ1v) is 8.05. The minimum Gasteiger partial charge on any atom is -0.550 e. The van der Waals surface area contributed by atoms with Crippen LogP contribution < -0.4 is 20.8 Å². The van der Waals surface area contributed by atoms with Crippen LogP contribution in [0.15, 0.2) is 67.0 Å². The first-order chi connectivity index (χ1) is 13.4. The molecule has 0 saturated heterocycles. The molecule has 3 aromatic heterocycles. The van der Waals surface area contributed by atoms with Gasteiger partial charge < -0.3 is 30.4 Å². The average Bonchev–Trinajstić information content (AvgIpc) is 2.63. The van der Waals surface area contributed by atoms with Crippen molar-refractivity contribution in [1.82, 2.24) is 15.0 Å². The second kappa shape index (κ2) is 14.5. The van der Waals surface area contributed by atoms with Gasteiger partial charge in [0.1, 0.15) is 23.3 Å². The van der Waals surface area contributed by atoms with E-state index >= 15 is 0 Å². The molecule has 0 radical (unpaired) electrons. The van der Waals surface area contributed by atoms with Crippen LogP contribution in [0.2, 0.25) is 0 Å². The zero-order chi connectivity index (χ0) is 20.8. The van der Waals surface area contributed by atoms with E-state index in [-0.39, 0.29) is 16.5 Å². The fraction of sp³-hybridized carbons (Fsp3) is 0.105. The quantitative estimate of drug-likeness (QED) is 0.565. The van der Waals surface area contributed by atoms with E-state index in [1.165, 1.54) is 0 Å². The van der Waals surface area contributed by atoms with Crippen LogP contribution >= 0.6 is 0 Å². The van der Waals surface area contributed by atoms with Crippen LogP contribution in [0, 0.1) is 0 Å². The summed E-state index contributed by atoms with van der Waals surface area (Å²) in [5, 5.41) is 24.1. The summed E-state index contributed by atoms with van der Waals surface area (Å²) in [6.07, 6.45) is 3.47. The number of carbonyl (C=O) groups is 2. The Morgan fingerprint density at radius 3 is 1.34 bits per heavy atom. The number of pyridine rings is 3. The van der Waals surface area contributed by atoms with Crippen molar-refractivity contribution in [1.29, 1.82) is 0 Å². The summed E-state index contributed by atoms with van der Waals surface area (Å²) < 4.78 is 0. The molecule has 3 rings (SSSR count). The number of anilines is 4. The Morgan fingerprint density at radius 1 is 0.690 bits per heavy atom. The molecule has 0 unspecified atom stereocenters. The number of aliphatic carboxylic acids is 2. The van der Waals surface area contributed by atoms with Crippen LogP contribution in [0.4, 0.5) is 23.3 Å². The van der Waals surface area contributed by atoms with E-state index in [0.717, 1.165) is 37.1 Å². The Bertz CT molecular complexity index is 790. The molecular formula is C19H19N5NiO4. The SMILES string of the molecule is CC(=O)[O-].CC(=O)[O-].[Ni+2].c1ccc(Nc2cccc(Nc3ccccn3)n2)nc1. The molecule has 0 aliphatic heterocycles. The molecule has 2 N–H and O–H groups in total. The fourth-order valence-corrected chi connectivity index (χ4v) is 1.71.